The molecule has 0 atom stereocenters. The molecule has 0 amide bonds. The first-order chi connectivity index (χ1) is 9.78. The van der Waals surface area contributed by atoms with Gasteiger partial charge in [0.2, 0.25) is 0 Å². The maximum Gasteiger partial charge on any atom is 0.183 e. The zero-order chi connectivity index (χ0) is 13.9. The van der Waals surface area contributed by atoms with Crippen LogP contribution < -0.4 is 5.73 Å². The lowest BCUT2D eigenvalue weighted by Gasteiger charge is -2.00. The van der Waals surface area contributed by atoms with Crippen LogP contribution in [0.15, 0.2) is 18.7 Å². The zero-order valence-corrected chi connectivity index (χ0v) is 11.4. The van der Waals surface area contributed by atoms with E-state index in [1.54, 1.807) is 12.5 Å². The molecular weight excluding hydrogens is 254 g/mol. The molecular formula is C13H17N7. The first-order valence-corrected chi connectivity index (χ1v) is 6.77. The fraction of sp³-hybridized carbons (Fsp3) is 0.385. The van der Waals surface area contributed by atoms with Crippen molar-refractivity contribution < 1.29 is 0 Å². The number of aromatic nitrogens is 6. The number of aryl methyl sites for hydroxylation is 1. The van der Waals surface area contributed by atoms with Crippen LogP contribution in [0.1, 0.15) is 26.2 Å². The van der Waals surface area contributed by atoms with Gasteiger partial charge in [-0.05, 0) is 6.42 Å². The summed E-state index contributed by atoms with van der Waals surface area (Å²) in [4.78, 5) is 15.7. The second kappa shape index (κ2) is 5.28. The van der Waals surface area contributed by atoms with Crippen LogP contribution in [0.25, 0.3) is 22.6 Å². The third kappa shape index (κ3) is 2.34. The Morgan fingerprint density at radius 1 is 1.30 bits per heavy atom. The van der Waals surface area contributed by atoms with Crippen molar-refractivity contribution in [2.45, 2.75) is 32.7 Å². The van der Waals surface area contributed by atoms with Crippen LogP contribution in [0, 0.1) is 0 Å². The number of imidazole rings is 1. The average Bonchev–Trinajstić information content (AvgIpc) is 3.07. The minimum atomic E-state index is 0.404. The van der Waals surface area contributed by atoms with E-state index >= 15 is 0 Å². The molecule has 0 saturated carbocycles. The standard InChI is InChI=1S/C13H17N7/c1-2-3-4-5-20-7-9(6-17-20)12-18-11(14)10-13(19-12)16-8-15-10/h6-8H,2-5H2,1H3,(H3,14,15,16,18,19). The Morgan fingerprint density at radius 3 is 3.05 bits per heavy atom. The van der Waals surface area contributed by atoms with Crippen LogP contribution >= 0.6 is 0 Å². The normalized spacial score (nSPS) is 11.2. The number of nitrogens with zero attached hydrogens (tertiary/aromatic N) is 5. The predicted molar refractivity (Wildman–Crippen MR) is 76.8 cm³/mol. The van der Waals surface area contributed by atoms with Crippen molar-refractivity contribution in [1.82, 2.24) is 29.7 Å². The van der Waals surface area contributed by atoms with E-state index in [0.29, 0.717) is 22.8 Å². The second-order valence-corrected chi connectivity index (χ2v) is 4.73. The van der Waals surface area contributed by atoms with Gasteiger partial charge in [0.15, 0.2) is 17.3 Å². The molecule has 0 aliphatic rings. The van der Waals surface area contributed by atoms with E-state index in [2.05, 4.69) is 32.0 Å². The molecule has 3 aromatic heterocycles. The largest absolute Gasteiger partial charge is 0.382 e. The van der Waals surface area contributed by atoms with Gasteiger partial charge < -0.3 is 10.7 Å². The van der Waals surface area contributed by atoms with Gasteiger partial charge in [0, 0.05) is 12.7 Å². The van der Waals surface area contributed by atoms with Gasteiger partial charge in [-0.25, -0.2) is 15.0 Å². The monoisotopic (exact) mass is 271 g/mol. The van der Waals surface area contributed by atoms with Crippen LogP contribution in [0.4, 0.5) is 5.82 Å². The van der Waals surface area contributed by atoms with E-state index in [1.807, 2.05) is 10.9 Å². The Morgan fingerprint density at radius 2 is 2.20 bits per heavy atom. The summed E-state index contributed by atoms with van der Waals surface area (Å²) >= 11 is 0. The number of anilines is 1. The third-order valence-electron chi connectivity index (χ3n) is 3.20. The molecule has 0 aromatic carbocycles. The van der Waals surface area contributed by atoms with E-state index in [1.165, 1.54) is 12.8 Å². The smallest absolute Gasteiger partial charge is 0.183 e. The molecule has 0 aliphatic heterocycles. The number of H-pyrrole nitrogens is 1. The lowest BCUT2D eigenvalue weighted by atomic mass is 10.2. The molecule has 20 heavy (non-hydrogen) atoms. The van der Waals surface area contributed by atoms with E-state index in [-0.39, 0.29) is 0 Å². The number of fused-ring (bicyclic) bond motifs is 1. The predicted octanol–water partition coefficient (Wildman–Crippen LogP) is 1.99. The van der Waals surface area contributed by atoms with Gasteiger partial charge in [0.25, 0.3) is 0 Å². The van der Waals surface area contributed by atoms with Crippen molar-refractivity contribution in [2.24, 2.45) is 0 Å². The van der Waals surface area contributed by atoms with Crippen LogP contribution in [0.2, 0.25) is 0 Å². The van der Waals surface area contributed by atoms with Gasteiger partial charge in [-0.2, -0.15) is 5.10 Å². The number of nitrogen functional groups attached to an aromatic ring is 1. The minimum absolute atomic E-state index is 0.404. The summed E-state index contributed by atoms with van der Waals surface area (Å²) in [7, 11) is 0. The van der Waals surface area contributed by atoms with Gasteiger partial charge in [0.1, 0.15) is 5.52 Å². The zero-order valence-electron chi connectivity index (χ0n) is 11.4. The van der Waals surface area contributed by atoms with Crippen molar-refractivity contribution in [3.63, 3.8) is 0 Å². The Kier molecular flexibility index (Phi) is 3.32. The SMILES string of the molecule is CCCCCn1cc(-c2nc(N)c3[nH]cnc3n2)cn1. The maximum absolute atomic E-state index is 5.89. The van der Waals surface area contributed by atoms with Gasteiger partial charge in [-0.1, -0.05) is 19.8 Å². The number of nitrogens with two attached hydrogens (primary N) is 1. The summed E-state index contributed by atoms with van der Waals surface area (Å²) in [5.74, 6) is 0.963. The summed E-state index contributed by atoms with van der Waals surface area (Å²) < 4.78 is 1.92. The Labute approximate surface area is 116 Å². The molecule has 0 bridgehead atoms. The van der Waals surface area contributed by atoms with Gasteiger partial charge in [-0.15, -0.1) is 0 Å². The number of rotatable bonds is 5. The van der Waals surface area contributed by atoms with Crippen LogP contribution in [-0.2, 0) is 6.54 Å². The van der Waals surface area contributed by atoms with Gasteiger partial charge in [0.05, 0.1) is 18.1 Å². The summed E-state index contributed by atoms with van der Waals surface area (Å²) in [5, 5.41) is 4.33. The van der Waals surface area contributed by atoms with Gasteiger partial charge >= 0.3 is 0 Å². The molecule has 104 valence electrons. The Balaban J connectivity index is 1.87. The highest BCUT2D eigenvalue weighted by Crippen LogP contribution is 2.20. The van der Waals surface area contributed by atoms with Crippen LogP contribution in [0.5, 0.6) is 0 Å². The quantitative estimate of drug-likeness (QED) is 0.691. The first kappa shape index (κ1) is 12.6. The summed E-state index contributed by atoms with van der Waals surface area (Å²) in [5.41, 5.74) is 8.00. The van der Waals surface area contributed by atoms with Crippen molar-refractivity contribution >= 4 is 17.0 Å². The lowest BCUT2D eigenvalue weighted by Crippen LogP contribution is -1.98. The van der Waals surface area contributed by atoms with Gasteiger partial charge in [-0.3, -0.25) is 4.68 Å². The Hall–Kier alpha value is -2.44. The fourth-order valence-electron chi connectivity index (χ4n) is 2.11. The molecule has 0 spiro atoms. The molecule has 3 rings (SSSR count). The fourth-order valence-corrected chi connectivity index (χ4v) is 2.11. The van der Waals surface area contributed by atoms with E-state index < -0.39 is 0 Å². The molecule has 0 aliphatic carbocycles. The molecule has 0 radical (unpaired) electrons. The Bertz CT molecular complexity index is 712. The van der Waals surface area contributed by atoms with E-state index in [9.17, 15) is 0 Å². The topological polar surface area (TPSA) is 98.3 Å². The van der Waals surface area contributed by atoms with Crippen molar-refractivity contribution in [3.8, 4) is 11.4 Å². The number of hydrogen-bond acceptors (Lipinski definition) is 5. The minimum Gasteiger partial charge on any atom is -0.382 e. The molecule has 3 heterocycles. The second-order valence-electron chi connectivity index (χ2n) is 4.73. The third-order valence-corrected chi connectivity index (χ3v) is 3.20. The summed E-state index contributed by atoms with van der Waals surface area (Å²) in [6.07, 6.45) is 8.80. The van der Waals surface area contributed by atoms with Crippen molar-refractivity contribution in [3.05, 3.63) is 18.7 Å². The van der Waals surface area contributed by atoms with Crippen molar-refractivity contribution in [2.75, 3.05) is 5.73 Å². The number of nitrogens with one attached hydrogen (secondary N) is 1. The molecule has 3 aromatic rings. The van der Waals surface area contributed by atoms with E-state index in [4.69, 9.17) is 5.73 Å². The summed E-state index contributed by atoms with van der Waals surface area (Å²) in [6, 6.07) is 0. The summed E-state index contributed by atoms with van der Waals surface area (Å²) in [6.45, 7) is 3.10. The van der Waals surface area contributed by atoms with Crippen molar-refractivity contribution in [1.29, 1.82) is 0 Å². The van der Waals surface area contributed by atoms with Crippen LogP contribution in [-0.4, -0.2) is 29.7 Å². The molecule has 7 heteroatoms. The highest BCUT2D eigenvalue weighted by atomic mass is 15.3. The molecule has 0 saturated heterocycles. The molecule has 0 fully saturated rings. The average molecular weight is 271 g/mol. The van der Waals surface area contributed by atoms with E-state index in [0.717, 1.165) is 18.5 Å². The highest BCUT2D eigenvalue weighted by molar-refractivity contribution is 5.82. The lowest BCUT2D eigenvalue weighted by molar-refractivity contribution is 0.553. The number of aromatic amines is 1. The number of hydrogen-bond donors (Lipinski definition) is 2. The molecule has 0 unspecified atom stereocenters. The number of unbranched alkanes of at least 4 members (excludes halogenated alkanes) is 2. The first-order valence-electron chi connectivity index (χ1n) is 6.77. The highest BCUT2D eigenvalue weighted by Gasteiger charge is 2.10. The maximum atomic E-state index is 5.89. The molecule has 3 N–H and O–H groups in total. The van der Waals surface area contributed by atoms with Crippen LogP contribution in [0.3, 0.4) is 0 Å². The molecule has 7 nitrogen and oxygen atoms in total.